The molecule has 2 N–H and O–H groups in total. The Morgan fingerprint density at radius 3 is 2.00 bits per heavy atom. The second-order valence-corrected chi connectivity index (χ2v) is 4.18. The summed E-state index contributed by atoms with van der Waals surface area (Å²) in [4.78, 5) is 0. The van der Waals surface area contributed by atoms with Crippen molar-refractivity contribution in [2.75, 3.05) is 0 Å². The minimum Gasteiger partial charge on any atom is -0.382 e. The number of hydrogen-bond donors (Lipinski definition) is 2. The lowest BCUT2D eigenvalue weighted by molar-refractivity contribution is -0.0676. The molecular formula is C12H5F7O2. The summed E-state index contributed by atoms with van der Waals surface area (Å²) in [6.07, 6.45) is -3.09. The molecule has 0 radical (unpaired) electrons. The van der Waals surface area contributed by atoms with E-state index in [0.717, 1.165) is 0 Å². The van der Waals surface area contributed by atoms with Gasteiger partial charge in [0.25, 0.3) is 0 Å². The summed E-state index contributed by atoms with van der Waals surface area (Å²) in [5, 5.41) is 19.2. The number of rotatable bonds is 1. The van der Waals surface area contributed by atoms with Crippen molar-refractivity contribution in [3.8, 4) is 0 Å². The second kappa shape index (κ2) is 4.85. The molecule has 2 unspecified atom stereocenters. The van der Waals surface area contributed by atoms with Crippen LogP contribution >= 0.6 is 0 Å². The first kappa shape index (κ1) is 15.5. The van der Waals surface area contributed by atoms with Gasteiger partial charge in [-0.15, -0.1) is 0 Å². The molecule has 0 amide bonds. The lowest BCUT2D eigenvalue weighted by atomic mass is 9.82. The maximum Gasteiger partial charge on any atom is 0.196 e. The molecule has 0 fully saturated rings. The van der Waals surface area contributed by atoms with Crippen LogP contribution in [0.5, 0.6) is 0 Å². The van der Waals surface area contributed by atoms with Crippen molar-refractivity contribution in [2.24, 2.45) is 0 Å². The van der Waals surface area contributed by atoms with Crippen LogP contribution in [0.4, 0.5) is 30.7 Å². The van der Waals surface area contributed by atoms with Gasteiger partial charge in [-0.25, -0.2) is 30.7 Å². The molecule has 2 atom stereocenters. The first-order valence-corrected chi connectivity index (χ1v) is 5.29. The summed E-state index contributed by atoms with van der Waals surface area (Å²) < 4.78 is 92.4. The smallest absolute Gasteiger partial charge is 0.196 e. The van der Waals surface area contributed by atoms with Crippen molar-refractivity contribution in [3.63, 3.8) is 0 Å². The minimum absolute atomic E-state index is 0.232. The van der Waals surface area contributed by atoms with Crippen molar-refractivity contribution in [1.82, 2.24) is 0 Å². The van der Waals surface area contributed by atoms with Gasteiger partial charge in [-0.05, 0) is 12.1 Å². The molecule has 2 rings (SSSR count). The van der Waals surface area contributed by atoms with Crippen LogP contribution in [0.25, 0.3) is 0 Å². The van der Waals surface area contributed by atoms with Crippen LogP contribution in [0, 0.1) is 17.5 Å². The minimum atomic E-state index is -3.78. The molecule has 2 nitrogen and oxygen atoms in total. The van der Waals surface area contributed by atoms with Crippen molar-refractivity contribution >= 4 is 0 Å². The van der Waals surface area contributed by atoms with Crippen molar-refractivity contribution in [1.29, 1.82) is 0 Å². The average molecular weight is 314 g/mol. The number of halogens is 7. The zero-order valence-corrected chi connectivity index (χ0v) is 9.77. The fourth-order valence-corrected chi connectivity index (χ4v) is 1.88. The van der Waals surface area contributed by atoms with Crippen LogP contribution in [0.3, 0.4) is 0 Å². The molecule has 0 aromatic heterocycles. The normalized spacial score (nSPS) is 26.6. The summed E-state index contributed by atoms with van der Waals surface area (Å²) in [5.74, 6) is -15.8. The Balaban J connectivity index is 2.76. The Hall–Kier alpha value is -1.87. The van der Waals surface area contributed by atoms with E-state index < -0.39 is 58.0 Å². The van der Waals surface area contributed by atoms with E-state index in [2.05, 4.69) is 0 Å². The number of aliphatic hydroxyl groups excluding tert-OH is 1. The highest BCUT2D eigenvalue weighted by atomic mass is 19.2. The molecule has 21 heavy (non-hydrogen) atoms. The van der Waals surface area contributed by atoms with Crippen LogP contribution in [0.2, 0.25) is 0 Å². The Morgan fingerprint density at radius 2 is 1.43 bits per heavy atom. The van der Waals surface area contributed by atoms with Crippen molar-refractivity contribution < 1.29 is 40.9 Å². The van der Waals surface area contributed by atoms with Gasteiger partial charge >= 0.3 is 0 Å². The number of hydrogen-bond acceptors (Lipinski definition) is 2. The van der Waals surface area contributed by atoms with E-state index >= 15 is 0 Å². The Morgan fingerprint density at radius 1 is 0.857 bits per heavy atom. The van der Waals surface area contributed by atoms with E-state index in [-0.39, 0.29) is 12.1 Å². The van der Waals surface area contributed by atoms with E-state index in [1.54, 1.807) is 0 Å². The highest BCUT2D eigenvalue weighted by molar-refractivity contribution is 5.45. The maximum atomic E-state index is 13.7. The summed E-state index contributed by atoms with van der Waals surface area (Å²) in [6, 6.07) is 0.497. The van der Waals surface area contributed by atoms with Gasteiger partial charge in [-0.2, -0.15) is 0 Å². The third-order valence-electron chi connectivity index (χ3n) is 3.01. The van der Waals surface area contributed by atoms with Gasteiger partial charge in [-0.3, -0.25) is 0 Å². The fourth-order valence-electron chi connectivity index (χ4n) is 1.88. The monoisotopic (exact) mass is 314 g/mol. The first-order valence-electron chi connectivity index (χ1n) is 5.29. The van der Waals surface area contributed by atoms with Gasteiger partial charge in [0.05, 0.1) is 0 Å². The molecule has 9 heteroatoms. The van der Waals surface area contributed by atoms with Gasteiger partial charge < -0.3 is 10.2 Å². The Labute approximate surface area is 112 Å². The summed E-state index contributed by atoms with van der Waals surface area (Å²) in [7, 11) is 0. The number of allylic oxidation sites excluding steroid dienone is 2. The highest BCUT2D eigenvalue weighted by Gasteiger charge is 2.53. The SMILES string of the molecule is OC1C(F)=C(F)C(F)=C(F)C1(O)c1ccc(F)c(F)c1F. The molecule has 0 saturated carbocycles. The van der Waals surface area contributed by atoms with Crippen molar-refractivity contribution in [3.05, 3.63) is 58.5 Å². The molecule has 0 spiro atoms. The highest BCUT2D eigenvalue weighted by Crippen LogP contribution is 2.47. The molecule has 1 aliphatic carbocycles. The van der Waals surface area contributed by atoms with E-state index in [4.69, 9.17) is 0 Å². The van der Waals surface area contributed by atoms with Crippen LogP contribution in [-0.4, -0.2) is 16.3 Å². The van der Waals surface area contributed by atoms with E-state index in [0.29, 0.717) is 0 Å². The zero-order valence-electron chi connectivity index (χ0n) is 9.77. The molecule has 1 aromatic carbocycles. The van der Waals surface area contributed by atoms with E-state index in [1.165, 1.54) is 0 Å². The van der Waals surface area contributed by atoms with Crippen molar-refractivity contribution in [2.45, 2.75) is 11.7 Å². The van der Waals surface area contributed by atoms with Crippen LogP contribution in [0.1, 0.15) is 5.56 Å². The molecule has 0 aliphatic heterocycles. The quantitative estimate of drug-likeness (QED) is 0.618. The van der Waals surface area contributed by atoms with Crippen LogP contribution < -0.4 is 0 Å². The van der Waals surface area contributed by atoms with Gasteiger partial charge in [0.1, 0.15) is 6.10 Å². The predicted molar refractivity (Wildman–Crippen MR) is 54.7 cm³/mol. The molecular weight excluding hydrogens is 309 g/mol. The van der Waals surface area contributed by atoms with E-state index in [1.807, 2.05) is 0 Å². The second-order valence-electron chi connectivity index (χ2n) is 4.18. The molecule has 0 heterocycles. The third-order valence-corrected chi connectivity index (χ3v) is 3.01. The summed E-state index contributed by atoms with van der Waals surface area (Å²) >= 11 is 0. The van der Waals surface area contributed by atoms with Crippen LogP contribution in [-0.2, 0) is 5.60 Å². The lowest BCUT2D eigenvalue weighted by Crippen LogP contribution is -2.44. The summed E-state index contributed by atoms with van der Waals surface area (Å²) in [6.45, 7) is 0. The Kier molecular flexibility index (Phi) is 3.58. The summed E-state index contributed by atoms with van der Waals surface area (Å²) in [5.41, 5.74) is -5.27. The molecule has 0 bridgehead atoms. The van der Waals surface area contributed by atoms with Crippen LogP contribution in [0.15, 0.2) is 35.4 Å². The standard InChI is InChI=1S/C12H5F7O2/c13-4-2-1-3(5(14)6(4)15)12(21)10(19)8(17)7(16)9(18)11(12)20/h1-2,11,20-21H. The number of aliphatic hydroxyl groups is 2. The third kappa shape index (κ3) is 1.95. The molecule has 1 aromatic rings. The predicted octanol–water partition coefficient (Wildman–Crippen LogP) is 2.97. The van der Waals surface area contributed by atoms with Gasteiger partial charge in [0.15, 0.2) is 46.4 Å². The van der Waals surface area contributed by atoms with Gasteiger partial charge in [0, 0.05) is 5.56 Å². The zero-order chi connectivity index (χ0) is 16.1. The Bertz CT molecular complexity index is 682. The average Bonchev–Trinajstić information content (AvgIpc) is 2.47. The maximum absolute atomic E-state index is 13.7. The fraction of sp³-hybridized carbons (Fsp3) is 0.167. The molecule has 114 valence electrons. The molecule has 1 aliphatic rings. The van der Waals surface area contributed by atoms with Gasteiger partial charge in [0.2, 0.25) is 0 Å². The van der Waals surface area contributed by atoms with Gasteiger partial charge in [-0.1, -0.05) is 0 Å². The molecule has 0 saturated heterocycles. The van der Waals surface area contributed by atoms with E-state index in [9.17, 15) is 40.9 Å². The largest absolute Gasteiger partial charge is 0.382 e. The lowest BCUT2D eigenvalue weighted by Gasteiger charge is -2.34. The topological polar surface area (TPSA) is 40.5 Å². The number of benzene rings is 1. The first-order chi connectivity index (χ1) is 9.63.